The standard InChI is InChI=1S/C19H20O2/c1-3-6-18(20)13-19(21)14(2)11-15-9-10-16-7-4-5-8-17(16)12-15/h3-5,7-8,10-12,18,20H,1-2,6,9,13H2/b15-11+. The summed E-state index contributed by atoms with van der Waals surface area (Å²) in [5.74, 6) is -0.121. The molecular formula is C19H20O2. The first kappa shape index (κ1) is 15.2. The molecule has 21 heavy (non-hydrogen) atoms. The first-order chi connectivity index (χ1) is 10.1. The molecule has 1 aromatic carbocycles. The molecular weight excluding hydrogens is 260 g/mol. The van der Waals surface area contributed by atoms with Crippen molar-refractivity contribution in [1.82, 2.24) is 0 Å². The maximum atomic E-state index is 12.0. The molecule has 0 fully saturated rings. The van der Waals surface area contributed by atoms with E-state index in [9.17, 15) is 9.90 Å². The average molecular weight is 280 g/mol. The van der Waals surface area contributed by atoms with Crippen LogP contribution in [-0.4, -0.2) is 17.0 Å². The van der Waals surface area contributed by atoms with Crippen molar-refractivity contribution in [2.75, 3.05) is 0 Å². The van der Waals surface area contributed by atoms with Crippen molar-refractivity contribution in [3.05, 3.63) is 71.2 Å². The maximum Gasteiger partial charge on any atom is 0.164 e. The second kappa shape index (κ2) is 7.00. The molecule has 1 N–H and O–H groups in total. The van der Waals surface area contributed by atoms with Crippen LogP contribution in [0.2, 0.25) is 0 Å². The fourth-order valence-electron chi connectivity index (χ4n) is 2.34. The van der Waals surface area contributed by atoms with E-state index in [1.165, 1.54) is 5.22 Å². The van der Waals surface area contributed by atoms with Crippen LogP contribution in [-0.2, 0) is 4.79 Å². The lowest BCUT2D eigenvalue weighted by atomic mass is 9.98. The minimum atomic E-state index is -0.673. The maximum absolute atomic E-state index is 12.0. The number of aliphatic hydroxyl groups excluding tert-OH is 1. The SMILES string of the molecule is C=CCC(O)CC(=O)C(=C)/C=C1/C=c2ccccc2=CC1. The van der Waals surface area contributed by atoms with Crippen molar-refractivity contribution in [3.63, 3.8) is 0 Å². The fraction of sp³-hybridized carbons (Fsp3) is 0.211. The average Bonchev–Trinajstić information content (AvgIpc) is 2.47. The topological polar surface area (TPSA) is 37.3 Å². The lowest BCUT2D eigenvalue weighted by Crippen LogP contribution is -2.26. The molecule has 0 heterocycles. The van der Waals surface area contributed by atoms with Gasteiger partial charge in [0.25, 0.3) is 0 Å². The zero-order valence-electron chi connectivity index (χ0n) is 12.1. The Balaban J connectivity index is 2.10. The number of Topliss-reactive ketones (excluding diaryl/α,β-unsaturated/α-hetero) is 1. The van der Waals surface area contributed by atoms with Gasteiger partial charge in [0.2, 0.25) is 0 Å². The number of carbonyl (C=O) groups is 1. The van der Waals surface area contributed by atoms with Crippen molar-refractivity contribution in [1.29, 1.82) is 0 Å². The number of benzene rings is 1. The molecule has 0 saturated carbocycles. The number of aliphatic hydroxyl groups is 1. The van der Waals surface area contributed by atoms with Gasteiger partial charge in [0.1, 0.15) is 0 Å². The number of hydrogen-bond donors (Lipinski definition) is 1. The van der Waals surface area contributed by atoms with Gasteiger partial charge >= 0.3 is 0 Å². The third-order valence-electron chi connectivity index (χ3n) is 3.47. The smallest absolute Gasteiger partial charge is 0.164 e. The molecule has 1 unspecified atom stereocenters. The van der Waals surface area contributed by atoms with Gasteiger partial charge in [0, 0.05) is 12.0 Å². The van der Waals surface area contributed by atoms with Gasteiger partial charge in [0.05, 0.1) is 6.10 Å². The van der Waals surface area contributed by atoms with Gasteiger partial charge in [-0.15, -0.1) is 6.58 Å². The van der Waals surface area contributed by atoms with Crippen LogP contribution in [0.3, 0.4) is 0 Å². The fourth-order valence-corrected chi connectivity index (χ4v) is 2.34. The van der Waals surface area contributed by atoms with Crippen LogP contribution >= 0.6 is 0 Å². The van der Waals surface area contributed by atoms with Crippen LogP contribution in [0.5, 0.6) is 0 Å². The van der Waals surface area contributed by atoms with Crippen molar-refractivity contribution in [2.24, 2.45) is 0 Å². The first-order valence-corrected chi connectivity index (χ1v) is 7.08. The molecule has 0 bridgehead atoms. The van der Waals surface area contributed by atoms with Crippen LogP contribution in [0.1, 0.15) is 19.3 Å². The minimum Gasteiger partial charge on any atom is -0.392 e. The third kappa shape index (κ3) is 4.14. The number of ketones is 1. The summed E-state index contributed by atoms with van der Waals surface area (Å²) in [6, 6.07) is 8.14. The van der Waals surface area contributed by atoms with Gasteiger partial charge in [-0.2, -0.15) is 0 Å². The predicted molar refractivity (Wildman–Crippen MR) is 86.9 cm³/mol. The highest BCUT2D eigenvalue weighted by atomic mass is 16.3. The molecule has 2 nitrogen and oxygen atoms in total. The summed E-state index contributed by atoms with van der Waals surface area (Å²) in [5.41, 5.74) is 1.50. The van der Waals surface area contributed by atoms with Gasteiger partial charge in [-0.1, -0.05) is 49.1 Å². The molecule has 2 rings (SSSR count). The molecule has 2 heteroatoms. The molecule has 0 saturated heterocycles. The highest BCUT2D eigenvalue weighted by Crippen LogP contribution is 2.13. The lowest BCUT2D eigenvalue weighted by Gasteiger charge is -2.09. The van der Waals surface area contributed by atoms with E-state index in [0.717, 1.165) is 17.2 Å². The summed E-state index contributed by atoms with van der Waals surface area (Å²) in [4.78, 5) is 12.0. The van der Waals surface area contributed by atoms with Crippen LogP contribution in [0.15, 0.2) is 60.7 Å². The molecule has 0 amide bonds. The summed E-state index contributed by atoms with van der Waals surface area (Å²) in [5, 5.41) is 12.0. The van der Waals surface area contributed by atoms with Crippen LogP contribution in [0, 0.1) is 0 Å². The second-order valence-electron chi connectivity index (χ2n) is 5.23. The predicted octanol–water partition coefficient (Wildman–Crippen LogP) is 2.03. The van der Waals surface area contributed by atoms with E-state index < -0.39 is 6.10 Å². The molecule has 1 aliphatic rings. The third-order valence-corrected chi connectivity index (χ3v) is 3.47. The van der Waals surface area contributed by atoms with E-state index in [4.69, 9.17) is 0 Å². The molecule has 1 aliphatic carbocycles. The van der Waals surface area contributed by atoms with E-state index in [1.54, 1.807) is 6.08 Å². The molecule has 0 aromatic heterocycles. The van der Waals surface area contributed by atoms with Gasteiger partial charge < -0.3 is 5.11 Å². The van der Waals surface area contributed by atoms with E-state index in [0.29, 0.717) is 12.0 Å². The number of carbonyl (C=O) groups excluding carboxylic acids is 1. The summed E-state index contributed by atoms with van der Waals surface area (Å²) < 4.78 is 0. The van der Waals surface area contributed by atoms with E-state index in [-0.39, 0.29) is 12.2 Å². The van der Waals surface area contributed by atoms with Crippen LogP contribution in [0.4, 0.5) is 0 Å². The molecule has 0 aliphatic heterocycles. The summed E-state index contributed by atoms with van der Waals surface area (Å²) in [6.45, 7) is 7.37. The van der Waals surface area contributed by atoms with E-state index in [2.05, 4.69) is 37.4 Å². The Kier molecular flexibility index (Phi) is 5.07. The first-order valence-electron chi connectivity index (χ1n) is 7.08. The Bertz CT molecular complexity index is 707. The number of rotatable bonds is 6. The van der Waals surface area contributed by atoms with Crippen LogP contribution < -0.4 is 10.4 Å². The Morgan fingerprint density at radius 2 is 2.05 bits per heavy atom. The monoisotopic (exact) mass is 280 g/mol. The zero-order chi connectivity index (χ0) is 15.2. The number of fused-ring (bicyclic) bond motifs is 1. The lowest BCUT2D eigenvalue weighted by molar-refractivity contribution is -0.117. The second-order valence-corrected chi connectivity index (χ2v) is 5.23. The number of hydrogen-bond acceptors (Lipinski definition) is 2. The van der Waals surface area contributed by atoms with Crippen LogP contribution in [0.25, 0.3) is 12.2 Å². The van der Waals surface area contributed by atoms with E-state index >= 15 is 0 Å². The molecule has 1 atom stereocenters. The van der Waals surface area contributed by atoms with Crippen molar-refractivity contribution in [2.45, 2.75) is 25.4 Å². The Morgan fingerprint density at radius 1 is 1.33 bits per heavy atom. The normalized spacial score (nSPS) is 16.3. The molecule has 0 radical (unpaired) electrons. The van der Waals surface area contributed by atoms with Crippen molar-refractivity contribution in [3.8, 4) is 0 Å². The summed E-state index contributed by atoms with van der Waals surface area (Å²) in [6.07, 6.45) is 8.28. The highest BCUT2D eigenvalue weighted by molar-refractivity contribution is 5.98. The largest absolute Gasteiger partial charge is 0.392 e. The van der Waals surface area contributed by atoms with Gasteiger partial charge in [-0.05, 0) is 34.9 Å². The Hall–Kier alpha value is -2.19. The quantitative estimate of drug-likeness (QED) is 0.639. The Labute approximate surface area is 125 Å². The molecule has 0 spiro atoms. The van der Waals surface area contributed by atoms with Crippen molar-refractivity contribution < 1.29 is 9.90 Å². The highest BCUT2D eigenvalue weighted by Gasteiger charge is 2.12. The van der Waals surface area contributed by atoms with E-state index in [1.807, 2.05) is 18.2 Å². The zero-order valence-corrected chi connectivity index (χ0v) is 12.1. The summed E-state index contributed by atoms with van der Waals surface area (Å²) in [7, 11) is 0. The Morgan fingerprint density at radius 3 is 2.76 bits per heavy atom. The van der Waals surface area contributed by atoms with Gasteiger partial charge in [-0.25, -0.2) is 0 Å². The summed E-state index contributed by atoms with van der Waals surface area (Å²) >= 11 is 0. The van der Waals surface area contributed by atoms with Crippen molar-refractivity contribution >= 4 is 17.9 Å². The number of allylic oxidation sites excluding steroid dienone is 3. The minimum absolute atomic E-state index is 0.0922. The van der Waals surface area contributed by atoms with Gasteiger partial charge in [-0.3, -0.25) is 4.79 Å². The molecule has 108 valence electrons. The van der Waals surface area contributed by atoms with Gasteiger partial charge in [0.15, 0.2) is 5.78 Å². The molecule has 1 aromatic rings.